The zero-order valence-electron chi connectivity index (χ0n) is 9.60. The minimum Gasteiger partial charge on any atom is -0.389 e. The third-order valence-electron chi connectivity index (χ3n) is 3.16. The van der Waals surface area contributed by atoms with Crippen LogP contribution in [0.4, 0.5) is 0 Å². The van der Waals surface area contributed by atoms with Crippen LogP contribution in [-0.4, -0.2) is 40.1 Å². The second kappa shape index (κ2) is 3.60. The highest BCUT2D eigenvalue weighted by Gasteiger charge is 2.30. The van der Waals surface area contributed by atoms with Gasteiger partial charge >= 0.3 is 0 Å². The van der Waals surface area contributed by atoms with Crippen molar-refractivity contribution in [2.75, 3.05) is 13.1 Å². The van der Waals surface area contributed by atoms with Gasteiger partial charge in [0.25, 0.3) is 5.91 Å². The van der Waals surface area contributed by atoms with E-state index in [2.05, 4.69) is 4.98 Å². The Morgan fingerprint density at radius 3 is 2.88 bits per heavy atom. The van der Waals surface area contributed by atoms with E-state index >= 15 is 0 Å². The molecule has 1 aromatic carbocycles. The lowest BCUT2D eigenvalue weighted by Gasteiger charge is -2.35. The van der Waals surface area contributed by atoms with Crippen molar-refractivity contribution in [2.45, 2.75) is 13.0 Å². The Morgan fingerprint density at radius 1 is 1.41 bits per heavy atom. The van der Waals surface area contributed by atoms with Crippen molar-refractivity contribution in [1.29, 1.82) is 0 Å². The molecule has 88 valence electrons. The number of likely N-dealkylation sites (tertiary alicyclic amines) is 1. The summed E-state index contributed by atoms with van der Waals surface area (Å²) in [6.45, 7) is 2.90. The monoisotopic (exact) mass is 230 g/mol. The van der Waals surface area contributed by atoms with Crippen LogP contribution in [0.15, 0.2) is 24.3 Å². The predicted molar refractivity (Wildman–Crippen MR) is 64.9 cm³/mol. The van der Waals surface area contributed by atoms with Gasteiger partial charge in [-0.3, -0.25) is 4.79 Å². The first-order valence-electron chi connectivity index (χ1n) is 5.70. The van der Waals surface area contributed by atoms with Gasteiger partial charge in [0.1, 0.15) is 5.69 Å². The molecule has 1 aliphatic heterocycles. The topological polar surface area (TPSA) is 56.3 Å². The van der Waals surface area contributed by atoms with Gasteiger partial charge in [-0.1, -0.05) is 12.1 Å². The minimum atomic E-state index is -0.356. The molecule has 2 heterocycles. The molecule has 0 spiro atoms. The van der Waals surface area contributed by atoms with Crippen LogP contribution < -0.4 is 0 Å². The highest BCUT2D eigenvalue weighted by atomic mass is 16.3. The molecule has 0 atom stereocenters. The van der Waals surface area contributed by atoms with E-state index in [9.17, 15) is 9.90 Å². The maximum Gasteiger partial charge on any atom is 0.270 e. The predicted octanol–water partition coefficient (Wildman–Crippen LogP) is 1.29. The molecule has 2 N–H and O–H groups in total. The molecule has 4 nitrogen and oxygen atoms in total. The summed E-state index contributed by atoms with van der Waals surface area (Å²) in [4.78, 5) is 16.8. The van der Waals surface area contributed by atoms with E-state index in [0.29, 0.717) is 18.8 Å². The number of aliphatic hydroxyl groups is 1. The molecular weight excluding hydrogens is 216 g/mol. The van der Waals surface area contributed by atoms with Gasteiger partial charge in [-0.2, -0.15) is 0 Å². The Balaban J connectivity index is 1.93. The first-order chi connectivity index (χ1) is 8.13. The molecule has 0 radical (unpaired) electrons. The number of fused-ring (bicyclic) bond motifs is 1. The van der Waals surface area contributed by atoms with Gasteiger partial charge in [0.05, 0.1) is 6.10 Å². The fourth-order valence-electron chi connectivity index (χ4n) is 2.15. The fourth-order valence-corrected chi connectivity index (χ4v) is 2.15. The normalized spacial score (nSPS) is 16.2. The van der Waals surface area contributed by atoms with Crippen LogP contribution in [0.1, 0.15) is 16.1 Å². The molecule has 1 amide bonds. The van der Waals surface area contributed by atoms with Gasteiger partial charge in [-0.05, 0) is 24.6 Å². The third kappa shape index (κ3) is 1.70. The van der Waals surface area contributed by atoms with Gasteiger partial charge in [-0.15, -0.1) is 0 Å². The van der Waals surface area contributed by atoms with E-state index in [1.165, 1.54) is 0 Å². The number of aromatic amines is 1. The summed E-state index contributed by atoms with van der Waals surface area (Å²) in [5.41, 5.74) is 2.74. The second-order valence-corrected chi connectivity index (χ2v) is 4.64. The number of carbonyl (C=O) groups excluding carboxylic acids is 1. The summed E-state index contributed by atoms with van der Waals surface area (Å²) in [5, 5.41) is 10.2. The van der Waals surface area contributed by atoms with Crippen molar-refractivity contribution in [1.82, 2.24) is 9.88 Å². The Kier molecular flexibility index (Phi) is 2.19. The van der Waals surface area contributed by atoms with E-state index in [-0.39, 0.29) is 12.0 Å². The van der Waals surface area contributed by atoms with Crippen molar-refractivity contribution in [3.05, 3.63) is 35.5 Å². The Labute approximate surface area is 98.9 Å². The molecule has 0 saturated carbocycles. The molecule has 0 unspecified atom stereocenters. The van der Waals surface area contributed by atoms with Crippen LogP contribution in [-0.2, 0) is 0 Å². The molecule has 17 heavy (non-hydrogen) atoms. The van der Waals surface area contributed by atoms with E-state index in [1.807, 2.05) is 31.2 Å². The number of aliphatic hydroxyl groups excluding tert-OH is 1. The summed E-state index contributed by atoms with van der Waals surface area (Å²) >= 11 is 0. The van der Waals surface area contributed by atoms with Crippen LogP contribution in [0.5, 0.6) is 0 Å². The van der Waals surface area contributed by atoms with Crippen molar-refractivity contribution >= 4 is 16.8 Å². The number of β-amino-alcohol motifs (C(OH)–C–C–N with tert-alkyl or cyclic N) is 1. The van der Waals surface area contributed by atoms with Crippen LogP contribution in [0.2, 0.25) is 0 Å². The number of amides is 1. The number of H-pyrrole nitrogens is 1. The van der Waals surface area contributed by atoms with Crippen LogP contribution >= 0.6 is 0 Å². The van der Waals surface area contributed by atoms with Gasteiger partial charge in [0.2, 0.25) is 0 Å². The summed E-state index contributed by atoms with van der Waals surface area (Å²) in [5.74, 6) is -0.0378. The van der Waals surface area contributed by atoms with E-state index in [0.717, 1.165) is 16.5 Å². The molecule has 0 aliphatic carbocycles. The first-order valence-corrected chi connectivity index (χ1v) is 5.70. The fraction of sp³-hybridized carbons (Fsp3) is 0.308. The van der Waals surface area contributed by atoms with E-state index in [1.54, 1.807) is 4.90 Å². The smallest absolute Gasteiger partial charge is 0.270 e. The maximum atomic E-state index is 12.0. The summed E-state index contributed by atoms with van der Waals surface area (Å²) < 4.78 is 0. The highest BCUT2D eigenvalue weighted by Crippen LogP contribution is 2.19. The highest BCUT2D eigenvalue weighted by molar-refractivity contribution is 5.98. The number of rotatable bonds is 1. The number of hydrogen-bond donors (Lipinski definition) is 2. The molecular formula is C13H14N2O2. The number of carbonyl (C=O) groups is 1. The Bertz CT molecular complexity index is 582. The minimum absolute atomic E-state index is 0.0378. The van der Waals surface area contributed by atoms with Gasteiger partial charge < -0.3 is 15.0 Å². The molecule has 1 aliphatic rings. The summed E-state index contributed by atoms with van der Waals surface area (Å²) in [6, 6.07) is 7.92. The Morgan fingerprint density at radius 2 is 2.18 bits per heavy atom. The third-order valence-corrected chi connectivity index (χ3v) is 3.16. The zero-order chi connectivity index (χ0) is 12.0. The van der Waals surface area contributed by atoms with Crippen LogP contribution in [0, 0.1) is 6.92 Å². The number of aryl methyl sites for hydroxylation is 1. The SMILES string of the molecule is Cc1ccc2cc(C(=O)N3CC(O)C3)[nH]c2c1. The number of nitrogens with zero attached hydrogens (tertiary/aromatic N) is 1. The van der Waals surface area contributed by atoms with E-state index in [4.69, 9.17) is 0 Å². The molecule has 1 saturated heterocycles. The molecule has 0 bridgehead atoms. The summed E-state index contributed by atoms with van der Waals surface area (Å²) in [6.07, 6.45) is -0.356. The Hall–Kier alpha value is -1.81. The first kappa shape index (κ1) is 10.4. The lowest BCUT2D eigenvalue weighted by atomic mass is 10.1. The second-order valence-electron chi connectivity index (χ2n) is 4.64. The number of benzene rings is 1. The quantitative estimate of drug-likeness (QED) is 0.775. The number of hydrogen-bond acceptors (Lipinski definition) is 2. The van der Waals surface area contributed by atoms with Gasteiger partial charge in [-0.25, -0.2) is 0 Å². The molecule has 1 fully saturated rings. The largest absolute Gasteiger partial charge is 0.389 e. The zero-order valence-corrected chi connectivity index (χ0v) is 9.60. The van der Waals surface area contributed by atoms with Crippen molar-refractivity contribution in [3.63, 3.8) is 0 Å². The van der Waals surface area contributed by atoms with Crippen molar-refractivity contribution in [2.24, 2.45) is 0 Å². The standard InChI is InChI=1S/C13H14N2O2/c1-8-2-3-9-5-12(14-11(9)4-8)13(17)15-6-10(16)7-15/h2-5,10,14,16H,6-7H2,1H3. The van der Waals surface area contributed by atoms with E-state index < -0.39 is 0 Å². The van der Waals surface area contributed by atoms with Gasteiger partial charge in [0.15, 0.2) is 0 Å². The van der Waals surface area contributed by atoms with Crippen molar-refractivity contribution < 1.29 is 9.90 Å². The lowest BCUT2D eigenvalue weighted by Crippen LogP contribution is -2.53. The average molecular weight is 230 g/mol. The van der Waals surface area contributed by atoms with Gasteiger partial charge in [0, 0.05) is 24.0 Å². The number of nitrogens with one attached hydrogen (secondary N) is 1. The van der Waals surface area contributed by atoms with Crippen LogP contribution in [0.3, 0.4) is 0 Å². The molecule has 3 rings (SSSR count). The molecule has 2 aromatic rings. The summed E-state index contributed by atoms with van der Waals surface area (Å²) in [7, 11) is 0. The average Bonchev–Trinajstić information content (AvgIpc) is 2.66. The number of aromatic nitrogens is 1. The molecule has 4 heteroatoms. The van der Waals surface area contributed by atoms with Crippen LogP contribution in [0.25, 0.3) is 10.9 Å². The van der Waals surface area contributed by atoms with Crippen molar-refractivity contribution in [3.8, 4) is 0 Å². The molecule has 1 aromatic heterocycles. The maximum absolute atomic E-state index is 12.0. The lowest BCUT2D eigenvalue weighted by molar-refractivity contribution is 0.00557.